The summed E-state index contributed by atoms with van der Waals surface area (Å²) in [5, 5.41) is 2.92. The Balaban J connectivity index is 1.37. The van der Waals surface area contributed by atoms with Crippen LogP contribution < -0.4 is 19.5 Å². The quantitative estimate of drug-likeness (QED) is 0.639. The highest BCUT2D eigenvalue weighted by molar-refractivity contribution is 5.99. The maximum atomic E-state index is 13.4. The van der Waals surface area contributed by atoms with Crippen LogP contribution >= 0.6 is 0 Å². The van der Waals surface area contributed by atoms with Gasteiger partial charge in [-0.3, -0.25) is 9.59 Å². The van der Waals surface area contributed by atoms with Crippen LogP contribution in [0.25, 0.3) is 0 Å². The third-order valence-electron chi connectivity index (χ3n) is 6.86. The highest BCUT2D eigenvalue weighted by Crippen LogP contribution is 2.52. The number of carbonyl (C=O) groups is 2. The first-order chi connectivity index (χ1) is 15.5. The Hall–Kier alpha value is -2.78. The number of hydrogen-bond donors (Lipinski definition) is 1. The Morgan fingerprint density at radius 1 is 1.22 bits per heavy atom. The van der Waals surface area contributed by atoms with Crippen LogP contribution in [0.4, 0.5) is 5.69 Å². The van der Waals surface area contributed by atoms with Gasteiger partial charge in [-0.25, -0.2) is 0 Å². The first kappa shape index (κ1) is 21.1. The van der Waals surface area contributed by atoms with E-state index in [2.05, 4.69) is 5.32 Å². The number of ether oxygens (including phenoxy) is 5. The molecule has 5 atom stereocenters. The summed E-state index contributed by atoms with van der Waals surface area (Å²) in [4.78, 5) is 28.5. The van der Waals surface area contributed by atoms with E-state index in [0.717, 1.165) is 19.4 Å². The van der Waals surface area contributed by atoms with Gasteiger partial charge in [-0.05, 0) is 12.8 Å². The molecule has 1 aromatic rings. The Bertz CT molecular complexity index is 933. The first-order valence-corrected chi connectivity index (χ1v) is 10.9. The van der Waals surface area contributed by atoms with Gasteiger partial charge in [-0.1, -0.05) is 12.2 Å². The van der Waals surface area contributed by atoms with Crippen LogP contribution in [0.15, 0.2) is 24.3 Å². The van der Waals surface area contributed by atoms with E-state index in [1.807, 2.05) is 12.2 Å². The molecule has 9 heteroatoms. The van der Waals surface area contributed by atoms with Gasteiger partial charge in [0.25, 0.3) is 0 Å². The molecule has 32 heavy (non-hydrogen) atoms. The van der Waals surface area contributed by atoms with Crippen molar-refractivity contribution in [3.05, 3.63) is 24.3 Å². The molecule has 4 aliphatic rings. The summed E-state index contributed by atoms with van der Waals surface area (Å²) in [6.07, 6.45) is 5.46. The number of likely N-dealkylation sites (tertiary alicyclic amines) is 1. The monoisotopic (exact) mass is 444 g/mol. The number of anilines is 1. The molecule has 0 aliphatic carbocycles. The van der Waals surface area contributed by atoms with Crippen LogP contribution in [0.2, 0.25) is 0 Å². The molecule has 2 bridgehead atoms. The van der Waals surface area contributed by atoms with Crippen molar-refractivity contribution in [2.45, 2.75) is 30.7 Å². The smallest absolute Gasteiger partial charge is 0.231 e. The van der Waals surface area contributed by atoms with Crippen molar-refractivity contribution in [3.63, 3.8) is 0 Å². The minimum absolute atomic E-state index is 0.0441. The standard InChI is InChI=1S/C23H28N2O7/c1-28-16-9-13(10-17(29-2)20(16)30-3)24-21(26)18-15-6-7-23(32-15)12-25(22(27)19(18)23)11-14-5-4-8-31-14/h6-7,9-10,14-15,18-19H,4-5,8,11-12H2,1-3H3,(H,24,26)/t14-,15-,18-,19-,23-/m0/s1. The molecule has 2 amide bonds. The molecule has 3 saturated heterocycles. The van der Waals surface area contributed by atoms with Gasteiger partial charge >= 0.3 is 0 Å². The van der Waals surface area contributed by atoms with E-state index in [1.165, 1.54) is 21.3 Å². The highest BCUT2D eigenvalue weighted by atomic mass is 16.5. The first-order valence-electron chi connectivity index (χ1n) is 10.9. The van der Waals surface area contributed by atoms with Crippen molar-refractivity contribution in [3.8, 4) is 17.2 Å². The SMILES string of the molecule is COc1cc(NC(=O)[C@H]2[C@@H]3C=C[C@@]4(CN(C[C@@H]5CCCO5)C(=O)[C@H]24)O3)cc(OC)c1OC. The van der Waals surface area contributed by atoms with Crippen molar-refractivity contribution in [1.29, 1.82) is 0 Å². The topological polar surface area (TPSA) is 95.6 Å². The minimum Gasteiger partial charge on any atom is -0.493 e. The van der Waals surface area contributed by atoms with Gasteiger partial charge in [0.1, 0.15) is 5.60 Å². The lowest BCUT2D eigenvalue weighted by Crippen LogP contribution is -2.42. The fourth-order valence-corrected chi connectivity index (χ4v) is 5.45. The molecular weight excluding hydrogens is 416 g/mol. The van der Waals surface area contributed by atoms with Crippen LogP contribution in [-0.4, -0.2) is 75.5 Å². The van der Waals surface area contributed by atoms with Crippen molar-refractivity contribution in [2.24, 2.45) is 11.8 Å². The number of carbonyl (C=O) groups excluding carboxylic acids is 2. The highest BCUT2D eigenvalue weighted by Gasteiger charge is 2.66. The molecule has 0 radical (unpaired) electrons. The van der Waals surface area contributed by atoms with Crippen molar-refractivity contribution >= 4 is 17.5 Å². The lowest BCUT2D eigenvalue weighted by atomic mass is 9.77. The average Bonchev–Trinajstić information content (AvgIpc) is 3.56. The van der Waals surface area contributed by atoms with E-state index in [-0.39, 0.29) is 17.9 Å². The number of methoxy groups -OCH3 is 3. The number of benzene rings is 1. The third kappa shape index (κ3) is 3.22. The Kier molecular flexibility index (Phi) is 5.25. The molecule has 3 fully saturated rings. The van der Waals surface area contributed by atoms with Crippen molar-refractivity contribution in [2.75, 3.05) is 46.3 Å². The second-order valence-corrected chi connectivity index (χ2v) is 8.66. The zero-order valence-electron chi connectivity index (χ0n) is 18.5. The molecule has 172 valence electrons. The van der Waals surface area contributed by atoms with Crippen LogP contribution in [0.3, 0.4) is 0 Å². The van der Waals surface area contributed by atoms with Crippen molar-refractivity contribution < 1.29 is 33.3 Å². The molecule has 5 rings (SSSR count). The number of nitrogens with zero attached hydrogens (tertiary/aromatic N) is 1. The summed E-state index contributed by atoms with van der Waals surface area (Å²) < 4.78 is 28.0. The zero-order chi connectivity index (χ0) is 22.5. The van der Waals surface area contributed by atoms with Gasteiger partial charge in [0, 0.05) is 31.0 Å². The molecule has 0 aromatic heterocycles. The van der Waals surface area contributed by atoms with Gasteiger partial charge in [-0.15, -0.1) is 0 Å². The Morgan fingerprint density at radius 3 is 2.59 bits per heavy atom. The fourth-order valence-electron chi connectivity index (χ4n) is 5.45. The van der Waals surface area contributed by atoms with Crippen LogP contribution in [0.5, 0.6) is 17.2 Å². The molecule has 1 aromatic carbocycles. The number of fused-ring (bicyclic) bond motifs is 1. The summed E-state index contributed by atoms with van der Waals surface area (Å²) in [5.74, 6) is -0.161. The molecule has 1 N–H and O–H groups in total. The van der Waals surface area contributed by atoms with Crippen LogP contribution in [-0.2, 0) is 19.1 Å². The number of hydrogen-bond acceptors (Lipinski definition) is 7. The third-order valence-corrected chi connectivity index (χ3v) is 6.86. The van der Waals surface area contributed by atoms with Crippen LogP contribution in [0, 0.1) is 11.8 Å². The summed E-state index contributed by atoms with van der Waals surface area (Å²) in [5.41, 5.74) is -0.246. The largest absolute Gasteiger partial charge is 0.493 e. The van der Waals surface area contributed by atoms with Gasteiger partial charge in [0.05, 0.1) is 51.9 Å². The minimum atomic E-state index is -0.738. The predicted octanol–water partition coefficient (Wildman–Crippen LogP) is 1.61. The van der Waals surface area contributed by atoms with E-state index in [4.69, 9.17) is 23.7 Å². The second kappa shape index (κ2) is 7.97. The van der Waals surface area contributed by atoms with Gasteiger partial charge in [-0.2, -0.15) is 0 Å². The lowest BCUT2D eigenvalue weighted by molar-refractivity contribution is -0.136. The summed E-state index contributed by atoms with van der Waals surface area (Å²) in [6.45, 7) is 1.73. The van der Waals surface area contributed by atoms with Gasteiger partial charge in [0.15, 0.2) is 11.5 Å². The summed E-state index contributed by atoms with van der Waals surface area (Å²) >= 11 is 0. The molecule has 4 heterocycles. The van der Waals surface area contributed by atoms with Crippen LogP contribution in [0.1, 0.15) is 12.8 Å². The molecular formula is C23H28N2O7. The van der Waals surface area contributed by atoms with E-state index in [0.29, 0.717) is 36.0 Å². The normalized spacial score (nSPS) is 32.3. The van der Waals surface area contributed by atoms with Gasteiger partial charge in [0.2, 0.25) is 17.6 Å². The molecule has 9 nitrogen and oxygen atoms in total. The average molecular weight is 444 g/mol. The molecule has 0 saturated carbocycles. The number of amides is 2. The maximum Gasteiger partial charge on any atom is 0.231 e. The molecule has 0 unspecified atom stereocenters. The summed E-state index contributed by atoms with van der Waals surface area (Å²) in [7, 11) is 4.55. The van der Waals surface area contributed by atoms with E-state index >= 15 is 0 Å². The second-order valence-electron chi connectivity index (χ2n) is 8.66. The van der Waals surface area contributed by atoms with E-state index < -0.39 is 23.5 Å². The van der Waals surface area contributed by atoms with E-state index in [9.17, 15) is 9.59 Å². The zero-order valence-corrected chi connectivity index (χ0v) is 18.5. The predicted molar refractivity (Wildman–Crippen MR) is 114 cm³/mol. The lowest BCUT2D eigenvalue weighted by Gasteiger charge is -2.24. The van der Waals surface area contributed by atoms with Gasteiger partial charge < -0.3 is 33.9 Å². The molecule has 4 aliphatic heterocycles. The van der Waals surface area contributed by atoms with Crippen molar-refractivity contribution in [1.82, 2.24) is 4.90 Å². The number of nitrogens with one attached hydrogen (secondary N) is 1. The Morgan fingerprint density at radius 2 is 1.97 bits per heavy atom. The van der Waals surface area contributed by atoms with E-state index in [1.54, 1.807) is 17.0 Å². The Labute approximate surface area is 186 Å². The fraction of sp³-hybridized carbons (Fsp3) is 0.565. The summed E-state index contributed by atoms with van der Waals surface area (Å²) in [6, 6.07) is 3.33. The maximum absolute atomic E-state index is 13.4. The number of rotatable bonds is 7. The molecule has 1 spiro atoms.